The normalized spacial score (nSPS) is 13.9. The Bertz CT molecular complexity index is 1610. The minimum absolute atomic E-state index is 0.138. The lowest BCUT2D eigenvalue weighted by molar-refractivity contribution is -0.145. The molecule has 3 aromatic carbocycles. The number of piperidine rings is 1. The van der Waals surface area contributed by atoms with Gasteiger partial charge in [-0.25, -0.2) is 9.48 Å². The number of hydrogen-bond acceptors (Lipinski definition) is 4. The van der Waals surface area contributed by atoms with E-state index in [0.29, 0.717) is 30.5 Å². The summed E-state index contributed by atoms with van der Waals surface area (Å²) in [6, 6.07) is 26.9. The molecule has 0 saturated carbocycles. The molecule has 4 aromatic rings. The number of aryl methyl sites for hydroxylation is 1. The lowest BCUT2D eigenvalue weighted by Crippen LogP contribution is -2.42. The maximum absolute atomic E-state index is 13.1. The second-order valence-corrected chi connectivity index (χ2v) is 12.7. The van der Waals surface area contributed by atoms with Crippen LogP contribution in [0.25, 0.3) is 5.69 Å². The average Bonchev–Trinajstić information content (AvgIpc) is 3.42. The molecule has 3 amide bonds. The van der Waals surface area contributed by atoms with Gasteiger partial charge in [-0.15, -0.1) is 0 Å². The molecule has 1 fully saturated rings. The van der Waals surface area contributed by atoms with Crippen LogP contribution < -0.4 is 10.6 Å². The highest BCUT2D eigenvalue weighted by Gasteiger charge is 2.27. The van der Waals surface area contributed by atoms with E-state index < -0.39 is 0 Å². The van der Waals surface area contributed by atoms with Gasteiger partial charge in [0.2, 0.25) is 5.78 Å². The lowest BCUT2D eigenvalue weighted by Gasteiger charge is -2.31. The third-order valence-corrected chi connectivity index (χ3v) is 8.05. The number of benzene rings is 3. The van der Waals surface area contributed by atoms with Gasteiger partial charge in [-0.2, -0.15) is 5.10 Å². The molecule has 2 N–H and O–H groups in total. The summed E-state index contributed by atoms with van der Waals surface area (Å²) in [6.45, 7) is 9.48. The van der Waals surface area contributed by atoms with Crippen molar-refractivity contribution in [3.63, 3.8) is 0 Å². The number of hydrogen-bond donors (Lipinski definition) is 2. The fourth-order valence-electron chi connectivity index (χ4n) is 5.48. The van der Waals surface area contributed by atoms with Crippen LogP contribution in [0.2, 0.25) is 0 Å². The maximum Gasteiger partial charge on any atom is 0.324 e. The minimum Gasteiger partial charge on any atom is -0.336 e. The molecule has 0 bridgehead atoms. The number of anilines is 2. The maximum atomic E-state index is 13.1. The van der Waals surface area contributed by atoms with Crippen molar-refractivity contribution in [3.8, 4) is 5.69 Å². The van der Waals surface area contributed by atoms with Gasteiger partial charge in [0.1, 0.15) is 5.82 Å². The Kier molecular flexibility index (Phi) is 9.28. The number of Topliss-reactive ketones (excluding diaryl/α,β-unsaturated/α-hetero) is 1. The van der Waals surface area contributed by atoms with Crippen molar-refractivity contribution in [1.29, 1.82) is 0 Å². The van der Waals surface area contributed by atoms with Gasteiger partial charge in [0, 0.05) is 36.7 Å². The van der Waals surface area contributed by atoms with Crippen molar-refractivity contribution in [1.82, 2.24) is 14.7 Å². The molecule has 0 spiro atoms. The Labute approximate surface area is 259 Å². The number of likely N-dealkylation sites (tertiary alicyclic amines) is 1. The van der Waals surface area contributed by atoms with Gasteiger partial charge >= 0.3 is 6.03 Å². The molecule has 44 heavy (non-hydrogen) atoms. The van der Waals surface area contributed by atoms with Crippen molar-refractivity contribution in [2.24, 2.45) is 5.92 Å². The fraction of sp³-hybridized carbons (Fsp3) is 0.333. The number of urea groups is 1. The van der Waals surface area contributed by atoms with E-state index in [1.807, 2.05) is 85.8 Å². The molecule has 1 saturated heterocycles. The Morgan fingerprint density at radius 2 is 1.52 bits per heavy atom. The van der Waals surface area contributed by atoms with Gasteiger partial charge in [0.05, 0.1) is 11.4 Å². The summed E-state index contributed by atoms with van der Waals surface area (Å²) in [5.41, 5.74) is 5.40. The van der Waals surface area contributed by atoms with Crippen molar-refractivity contribution in [3.05, 3.63) is 107 Å². The van der Waals surface area contributed by atoms with Gasteiger partial charge in [-0.1, -0.05) is 80.9 Å². The first-order chi connectivity index (χ1) is 21.0. The van der Waals surface area contributed by atoms with Crippen LogP contribution in [0.15, 0.2) is 84.9 Å². The molecule has 0 aliphatic carbocycles. The molecule has 2 heterocycles. The molecule has 1 aliphatic rings. The predicted octanol–water partition coefficient (Wildman–Crippen LogP) is 6.72. The molecule has 0 atom stereocenters. The van der Waals surface area contributed by atoms with Gasteiger partial charge in [0.25, 0.3) is 5.91 Å². The topological polar surface area (TPSA) is 96.3 Å². The standard InChI is InChI=1S/C36H41N5O3/c1-25-13-15-30(16-14-25)41-33(24-32(39-41)36(2,3)4)38-35(44)37-29-12-8-11-28(22-29)21-27-17-19-40(20-18-27)34(43)31(42)23-26-9-6-5-7-10-26/h5-16,22,24,27H,17-21,23H2,1-4H3,(H2,37,38,44). The number of nitrogens with zero attached hydrogens (tertiary/aromatic N) is 3. The monoisotopic (exact) mass is 591 g/mol. The van der Waals surface area contributed by atoms with E-state index in [0.717, 1.165) is 47.3 Å². The molecule has 1 aromatic heterocycles. The van der Waals surface area contributed by atoms with E-state index in [2.05, 4.69) is 37.5 Å². The van der Waals surface area contributed by atoms with Crippen LogP contribution in [0.5, 0.6) is 0 Å². The first kappa shape index (κ1) is 30.7. The summed E-state index contributed by atoms with van der Waals surface area (Å²) >= 11 is 0. The predicted molar refractivity (Wildman–Crippen MR) is 174 cm³/mol. The molecule has 0 unspecified atom stereocenters. The van der Waals surface area contributed by atoms with Crippen molar-refractivity contribution >= 4 is 29.2 Å². The number of nitrogens with one attached hydrogen (secondary N) is 2. The van der Waals surface area contributed by atoms with E-state index >= 15 is 0 Å². The zero-order chi connectivity index (χ0) is 31.3. The first-order valence-electron chi connectivity index (χ1n) is 15.3. The SMILES string of the molecule is Cc1ccc(-n2nc(C(C)(C)C)cc2NC(=O)Nc2cccc(CC3CCN(C(=O)C(=O)Cc4ccccc4)CC3)c2)cc1. The molecule has 8 nitrogen and oxygen atoms in total. The molecule has 1 aliphatic heterocycles. The van der Waals surface area contributed by atoms with Crippen LogP contribution in [0.3, 0.4) is 0 Å². The number of carbonyl (C=O) groups excluding carboxylic acids is 3. The number of aromatic nitrogens is 2. The molecule has 228 valence electrons. The van der Waals surface area contributed by atoms with Crippen molar-refractivity contribution < 1.29 is 14.4 Å². The second-order valence-electron chi connectivity index (χ2n) is 12.7. The van der Waals surface area contributed by atoms with Crippen molar-refractivity contribution in [2.45, 2.75) is 58.8 Å². The third kappa shape index (κ3) is 7.81. The van der Waals surface area contributed by atoms with Crippen LogP contribution in [0, 0.1) is 12.8 Å². The number of ketones is 1. The largest absolute Gasteiger partial charge is 0.336 e. The lowest BCUT2D eigenvalue weighted by atomic mass is 9.90. The average molecular weight is 592 g/mol. The number of amides is 3. The molecule has 5 rings (SSSR count). The summed E-state index contributed by atoms with van der Waals surface area (Å²) in [7, 11) is 0. The highest BCUT2D eigenvalue weighted by molar-refractivity contribution is 6.36. The minimum atomic E-state index is -0.386. The highest BCUT2D eigenvalue weighted by atomic mass is 16.2. The molecule has 0 radical (unpaired) electrons. The smallest absolute Gasteiger partial charge is 0.324 e. The van der Waals surface area contributed by atoms with E-state index in [-0.39, 0.29) is 29.6 Å². The zero-order valence-corrected chi connectivity index (χ0v) is 26.0. The summed E-state index contributed by atoms with van der Waals surface area (Å²) in [6.07, 6.45) is 2.65. The Hall–Kier alpha value is -4.72. The number of rotatable bonds is 8. The fourth-order valence-corrected chi connectivity index (χ4v) is 5.48. The number of carbonyl (C=O) groups is 3. The first-order valence-corrected chi connectivity index (χ1v) is 15.3. The summed E-state index contributed by atoms with van der Waals surface area (Å²) in [5.74, 6) is 0.245. The van der Waals surface area contributed by atoms with Gasteiger partial charge in [-0.3, -0.25) is 14.9 Å². The van der Waals surface area contributed by atoms with Crippen LogP contribution in [0.1, 0.15) is 56.0 Å². The zero-order valence-electron chi connectivity index (χ0n) is 26.0. The highest BCUT2D eigenvalue weighted by Crippen LogP contribution is 2.27. The van der Waals surface area contributed by atoms with Crippen LogP contribution >= 0.6 is 0 Å². The van der Waals surface area contributed by atoms with Crippen LogP contribution in [0.4, 0.5) is 16.3 Å². The van der Waals surface area contributed by atoms with Crippen LogP contribution in [-0.4, -0.2) is 45.5 Å². The van der Waals surface area contributed by atoms with E-state index in [1.54, 1.807) is 9.58 Å². The Morgan fingerprint density at radius 1 is 0.841 bits per heavy atom. The summed E-state index contributed by atoms with van der Waals surface area (Å²) < 4.78 is 1.77. The van der Waals surface area contributed by atoms with Gasteiger partial charge in [0.15, 0.2) is 0 Å². The quantitative estimate of drug-likeness (QED) is 0.223. The van der Waals surface area contributed by atoms with E-state index in [1.165, 1.54) is 0 Å². The molecular formula is C36H41N5O3. The van der Waals surface area contributed by atoms with E-state index in [9.17, 15) is 14.4 Å². The van der Waals surface area contributed by atoms with Gasteiger partial charge in [-0.05, 0) is 67.5 Å². The van der Waals surface area contributed by atoms with Crippen LogP contribution in [-0.2, 0) is 27.8 Å². The molecular weight excluding hydrogens is 550 g/mol. The van der Waals surface area contributed by atoms with Gasteiger partial charge < -0.3 is 10.2 Å². The van der Waals surface area contributed by atoms with E-state index in [4.69, 9.17) is 5.10 Å². The molecule has 8 heteroatoms. The third-order valence-electron chi connectivity index (χ3n) is 8.05. The second kappa shape index (κ2) is 13.3. The van der Waals surface area contributed by atoms with Crippen molar-refractivity contribution in [2.75, 3.05) is 23.7 Å². The Morgan fingerprint density at radius 3 is 2.20 bits per heavy atom. The Balaban J connectivity index is 1.17. The summed E-state index contributed by atoms with van der Waals surface area (Å²) in [5, 5.41) is 10.8. The summed E-state index contributed by atoms with van der Waals surface area (Å²) in [4.78, 5) is 40.1.